The molecular weight excluding hydrogens is 761 g/mol. The number of ketones is 2. The Morgan fingerprint density at radius 1 is 0.684 bits per heavy atom. The summed E-state index contributed by atoms with van der Waals surface area (Å²) in [6.07, 6.45) is 3.94. The third-order valence-corrected chi connectivity index (χ3v) is 10.1. The highest BCUT2D eigenvalue weighted by Gasteiger charge is 2.26. The highest BCUT2D eigenvalue weighted by molar-refractivity contribution is 7.15. The monoisotopic (exact) mass is 806 g/mol. The van der Waals surface area contributed by atoms with Crippen molar-refractivity contribution in [1.82, 2.24) is 35.7 Å². The average Bonchev–Trinajstić information content (AvgIpc) is 3.88. The van der Waals surface area contributed by atoms with Gasteiger partial charge in [0.25, 0.3) is 0 Å². The number of nitrogens with two attached hydrogens (primary N) is 1. The van der Waals surface area contributed by atoms with Crippen molar-refractivity contribution < 1.29 is 19.1 Å². The fraction of sp³-hybridized carbons (Fsp3) is 0.293. The second-order valence-corrected chi connectivity index (χ2v) is 16.0. The van der Waals surface area contributed by atoms with E-state index in [1.54, 1.807) is 40.2 Å². The van der Waals surface area contributed by atoms with E-state index in [0.29, 0.717) is 27.9 Å². The molecule has 2 aromatic carbocycles. The summed E-state index contributed by atoms with van der Waals surface area (Å²) >= 11 is 2.75. The molecule has 4 aromatic heterocycles. The van der Waals surface area contributed by atoms with Crippen LogP contribution in [-0.2, 0) is 40.0 Å². The van der Waals surface area contributed by atoms with Crippen LogP contribution in [0.4, 0.5) is 16.4 Å². The van der Waals surface area contributed by atoms with Crippen LogP contribution in [0.15, 0.2) is 97.3 Å². The fourth-order valence-electron chi connectivity index (χ4n) is 5.36. The number of nitrogens with zero attached hydrogens (tertiary/aromatic N) is 6. The number of amides is 1. The fourth-order valence-corrected chi connectivity index (χ4v) is 7.05. The zero-order chi connectivity index (χ0) is 40.8. The van der Waals surface area contributed by atoms with Gasteiger partial charge in [-0.3, -0.25) is 9.59 Å². The molecule has 0 spiro atoms. The zero-order valence-corrected chi connectivity index (χ0v) is 34.1. The number of hydrogen-bond acceptors (Lipinski definition) is 15. The molecule has 0 aliphatic heterocycles. The zero-order valence-electron chi connectivity index (χ0n) is 32.4. The molecule has 0 aliphatic rings. The summed E-state index contributed by atoms with van der Waals surface area (Å²) in [5.41, 5.74) is 9.17. The van der Waals surface area contributed by atoms with Crippen LogP contribution in [0.5, 0.6) is 0 Å². The second-order valence-electron chi connectivity index (χ2n) is 13.8. The summed E-state index contributed by atoms with van der Waals surface area (Å²) in [5, 5.41) is 28.1. The Morgan fingerprint density at radius 3 is 1.63 bits per heavy atom. The van der Waals surface area contributed by atoms with E-state index >= 15 is 0 Å². The maximum Gasteiger partial charge on any atom is 0.408 e. The van der Waals surface area contributed by atoms with Crippen LogP contribution in [0, 0.1) is 0 Å². The minimum Gasteiger partial charge on any atom is -0.444 e. The van der Waals surface area contributed by atoms with E-state index in [0.717, 1.165) is 38.9 Å². The minimum atomic E-state index is -0.739. The predicted molar refractivity (Wildman–Crippen MR) is 224 cm³/mol. The molecule has 4 heterocycles. The lowest BCUT2D eigenvalue weighted by atomic mass is 10.0. The Labute approximate surface area is 339 Å². The van der Waals surface area contributed by atoms with Crippen LogP contribution < -0.4 is 21.7 Å². The van der Waals surface area contributed by atoms with E-state index in [4.69, 9.17) is 10.5 Å². The van der Waals surface area contributed by atoms with Gasteiger partial charge in [0.1, 0.15) is 37.3 Å². The molecule has 0 fully saturated rings. The summed E-state index contributed by atoms with van der Waals surface area (Å²) in [6, 6.07) is 25.5. The Kier molecular flexibility index (Phi) is 15.0. The molecule has 0 bridgehead atoms. The highest BCUT2D eigenvalue weighted by Crippen LogP contribution is 2.27. The van der Waals surface area contributed by atoms with E-state index in [-0.39, 0.29) is 24.4 Å². The van der Waals surface area contributed by atoms with Gasteiger partial charge in [0.2, 0.25) is 0 Å². The van der Waals surface area contributed by atoms with Crippen LogP contribution in [0.1, 0.15) is 41.9 Å². The molecule has 16 heteroatoms. The third kappa shape index (κ3) is 13.3. The van der Waals surface area contributed by atoms with Crippen molar-refractivity contribution in [3.63, 3.8) is 0 Å². The standard InChI is InChI=1S/C23H27N5O3S.C18H19N5OS/c1-23(2,3)31-22(30)26-17(12-15-8-6-5-7-9-15)18(29)14-20-27-28-21(32-20)16-10-11-25-19(13-16)24-4;1-20-16-10-13(7-8-21-16)18-23-22-17(25-18)11-15(24)14(19)9-12-5-3-2-4-6-12/h5-11,13,17H,12,14H2,1-4H3,(H,24,25)(H,26,30);2-8,10,14H,9,11,19H2,1H3,(H,20,21)/t17-;14-/m00/s1. The predicted octanol–water partition coefficient (Wildman–Crippen LogP) is 6.21. The Bertz CT molecular complexity index is 2230. The molecule has 6 aromatic rings. The molecule has 6 rings (SSSR count). The normalized spacial score (nSPS) is 12.0. The quantitative estimate of drug-likeness (QED) is 0.0914. The summed E-state index contributed by atoms with van der Waals surface area (Å²) < 4.78 is 5.35. The van der Waals surface area contributed by atoms with E-state index in [2.05, 4.69) is 46.3 Å². The SMILES string of the molecule is CNc1cc(-c2nnc(CC(=O)[C@@H](N)Cc3ccccc3)s2)ccn1.CNc1cc(-c2nnc(CC(=O)[C@H](Cc3ccccc3)NC(=O)OC(C)(C)C)s2)ccn1. The van der Waals surface area contributed by atoms with Crippen LogP contribution in [0.3, 0.4) is 0 Å². The second kappa shape index (κ2) is 20.3. The van der Waals surface area contributed by atoms with E-state index < -0.39 is 23.8 Å². The third-order valence-electron chi connectivity index (χ3n) is 8.18. The Hall–Kier alpha value is -5.97. The van der Waals surface area contributed by atoms with Gasteiger partial charge in [0, 0.05) is 37.6 Å². The van der Waals surface area contributed by atoms with E-state index in [9.17, 15) is 14.4 Å². The first-order valence-corrected chi connectivity index (χ1v) is 19.8. The number of nitrogens with one attached hydrogen (secondary N) is 3. The number of benzene rings is 2. The van der Waals surface area contributed by atoms with Crippen molar-refractivity contribution in [2.45, 2.75) is 64.1 Å². The lowest BCUT2D eigenvalue weighted by Crippen LogP contribution is -2.45. The number of rotatable bonds is 15. The first-order valence-electron chi connectivity index (χ1n) is 18.2. The molecule has 0 unspecified atom stereocenters. The topological polar surface area (TPSA) is 200 Å². The lowest BCUT2D eigenvalue weighted by Gasteiger charge is -2.23. The summed E-state index contributed by atoms with van der Waals surface area (Å²) in [7, 11) is 3.60. The molecule has 57 heavy (non-hydrogen) atoms. The number of anilines is 2. The van der Waals surface area contributed by atoms with Crippen molar-refractivity contribution in [1.29, 1.82) is 0 Å². The van der Waals surface area contributed by atoms with Gasteiger partial charge in [-0.15, -0.1) is 20.4 Å². The smallest absolute Gasteiger partial charge is 0.408 e. The van der Waals surface area contributed by atoms with Gasteiger partial charge in [-0.05, 0) is 69.0 Å². The van der Waals surface area contributed by atoms with Gasteiger partial charge in [-0.2, -0.15) is 0 Å². The van der Waals surface area contributed by atoms with Crippen molar-refractivity contribution in [3.05, 3.63) is 118 Å². The van der Waals surface area contributed by atoms with Crippen molar-refractivity contribution in [3.8, 4) is 21.1 Å². The van der Waals surface area contributed by atoms with Crippen LogP contribution in [0.25, 0.3) is 21.1 Å². The number of alkyl carbamates (subject to hydrolysis) is 1. The maximum atomic E-state index is 13.1. The molecule has 1 amide bonds. The number of Topliss-reactive ketones (excluding diaryl/α,β-unsaturated/α-hetero) is 2. The number of aromatic nitrogens is 6. The number of ether oxygens (including phenoxy) is 1. The maximum absolute atomic E-state index is 13.1. The van der Waals surface area contributed by atoms with Crippen molar-refractivity contribution in [2.75, 3.05) is 24.7 Å². The molecule has 5 N–H and O–H groups in total. The van der Waals surface area contributed by atoms with Crippen molar-refractivity contribution >= 4 is 52.0 Å². The summed E-state index contributed by atoms with van der Waals surface area (Å²) in [5.74, 6) is 1.29. The largest absolute Gasteiger partial charge is 0.444 e. The Balaban J connectivity index is 0.000000224. The van der Waals surface area contributed by atoms with E-state index in [1.807, 2.05) is 92.0 Å². The van der Waals surface area contributed by atoms with Gasteiger partial charge in [0.15, 0.2) is 11.6 Å². The average molecular weight is 807 g/mol. The lowest BCUT2D eigenvalue weighted by molar-refractivity contribution is -0.120. The van der Waals surface area contributed by atoms with E-state index in [1.165, 1.54) is 22.7 Å². The summed E-state index contributed by atoms with van der Waals surface area (Å²) in [4.78, 5) is 46.2. The molecule has 0 saturated carbocycles. The number of carbonyl (C=O) groups is 3. The summed E-state index contributed by atoms with van der Waals surface area (Å²) in [6.45, 7) is 5.34. The number of hydrogen-bond donors (Lipinski definition) is 4. The molecule has 0 saturated heterocycles. The molecular formula is C41H46N10O4S2. The molecule has 296 valence electrons. The first-order chi connectivity index (χ1) is 27.4. The van der Waals surface area contributed by atoms with Gasteiger partial charge in [0.05, 0.1) is 24.9 Å². The van der Waals surface area contributed by atoms with Crippen LogP contribution in [-0.4, -0.2) is 79.8 Å². The minimum absolute atomic E-state index is 0.0304. The van der Waals surface area contributed by atoms with Crippen LogP contribution >= 0.6 is 22.7 Å². The van der Waals surface area contributed by atoms with Crippen LogP contribution in [0.2, 0.25) is 0 Å². The number of carbonyl (C=O) groups excluding carboxylic acids is 3. The molecule has 2 atom stereocenters. The Morgan fingerprint density at radius 2 is 1.16 bits per heavy atom. The van der Waals surface area contributed by atoms with Gasteiger partial charge in [-0.1, -0.05) is 83.3 Å². The molecule has 0 aliphatic carbocycles. The molecule has 0 radical (unpaired) electrons. The van der Waals surface area contributed by atoms with Gasteiger partial charge in [-0.25, -0.2) is 14.8 Å². The first kappa shape index (κ1) is 42.2. The highest BCUT2D eigenvalue weighted by atomic mass is 32.1. The van der Waals surface area contributed by atoms with Gasteiger partial charge >= 0.3 is 6.09 Å². The van der Waals surface area contributed by atoms with Crippen molar-refractivity contribution in [2.24, 2.45) is 5.73 Å². The molecule has 14 nitrogen and oxygen atoms in total. The van der Waals surface area contributed by atoms with Gasteiger partial charge < -0.3 is 26.4 Å². The number of pyridine rings is 2.